The summed E-state index contributed by atoms with van der Waals surface area (Å²) < 4.78 is 5.67. The maximum Gasteiger partial charge on any atom is 0.274 e. The average Bonchev–Trinajstić information content (AvgIpc) is 1.14. The fourth-order valence-corrected chi connectivity index (χ4v) is 8.64. The molecule has 0 bridgehead atoms. The molecule has 0 fully saturated rings. The van der Waals surface area contributed by atoms with Gasteiger partial charge in [0.05, 0.1) is 0 Å². The van der Waals surface area contributed by atoms with Crippen molar-refractivity contribution in [1.82, 2.24) is 0 Å². The van der Waals surface area contributed by atoms with E-state index in [9.17, 15) is 0 Å². The summed E-state index contributed by atoms with van der Waals surface area (Å²) >= 11 is 5.97. The summed E-state index contributed by atoms with van der Waals surface area (Å²) in [7, 11) is -3.12. The Hall–Kier alpha value is 0.684. The van der Waals surface area contributed by atoms with Crippen molar-refractivity contribution in [2.45, 2.75) is 32.7 Å². The zero-order chi connectivity index (χ0) is 7.71. The van der Waals surface area contributed by atoms with Crippen LogP contribution >= 0.6 is 11.1 Å². The van der Waals surface area contributed by atoms with Crippen LogP contribution in [0.3, 0.4) is 0 Å². The standard InChI is InChI=1S/C5H15ClOSi2/c1-8(2,3)7-9(4,5)6/h1-5H3. The molecule has 0 aromatic rings. The minimum atomic E-state index is -1.76. The Balaban J connectivity index is 3.75. The van der Waals surface area contributed by atoms with Gasteiger partial charge in [0.25, 0.3) is 7.63 Å². The van der Waals surface area contributed by atoms with Gasteiger partial charge in [-0.1, -0.05) is 0 Å². The normalized spacial score (nSPS) is 14.0. The lowest BCUT2D eigenvalue weighted by molar-refractivity contribution is 0.574. The molecule has 0 atom stereocenters. The minimum Gasteiger partial charge on any atom is -0.445 e. The van der Waals surface area contributed by atoms with Crippen molar-refractivity contribution >= 4 is 27.0 Å². The van der Waals surface area contributed by atoms with Crippen LogP contribution in [-0.4, -0.2) is 15.9 Å². The maximum absolute atomic E-state index is 5.97. The van der Waals surface area contributed by atoms with Crippen LogP contribution in [0.2, 0.25) is 32.7 Å². The number of hydrogen-bond donors (Lipinski definition) is 0. The second-order valence-electron chi connectivity index (χ2n) is 3.58. The smallest absolute Gasteiger partial charge is 0.274 e. The summed E-state index contributed by atoms with van der Waals surface area (Å²) in [4.78, 5) is 0. The molecule has 0 N–H and O–H groups in total. The Morgan fingerprint density at radius 1 is 1.00 bits per heavy atom. The molecule has 0 saturated carbocycles. The Morgan fingerprint density at radius 2 is 1.33 bits per heavy atom. The molecule has 0 rings (SSSR count). The summed E-state index contributed by atoms with van der Waals surface area (Å²) in [5, 5.41) is 0. The highest BCUT2D eigenvalue weighted by atomic mass is 35.6. The second-order valence-corrected chi connectivity index (χ2v) is 14.1. The van der Waals surface area contributed by atoms with E-state index < -0.39 is 15.9 Å². The highest BCUT2D eigenvalue weighted by Gasteiger charge is 2.26. The molecule has 0 aromatic carbocycles. The molecule has 1 nitrogen and oxygen atoms in total. The van der Waals surface area contributed by atoms with Gasteiger partial charge in [-0.2, -0.15) is 0 Å². The number of hydrogen-bond acceptors (Lipinski definition) is 1. The molecule has 4 heteroatoms. The van der Waals surface area contributed by atoms with Crippen molar-refractivity contribution in [3.63, 3.8) is 0 Å². The summed E-state index contributed by atoms with van der Waals surface area (Å²) in [6.07, 6.45) is 0. The van der Waals surface area contributed by atoms with E-state index in [2.05, 4.69) is 19.6 Å². The fourth-order valence-electron chi connectivity index (χ4n) is 0.728. The van der Waals surface area contributed by atoms with Gasteiger partial charge in [0.2, 0.25) is 0 Å². The Morgan fingerprint density at radius 3 is 1.33 bits per heavy atom. The Kier molecular flexibility index (Phi) is 2.95. The van der Waals surface area contributed by atoms with Crippen LogP contribution in [0.1, 0.15) is 0 Å². The van der Waals surface area contributed by atoms with E-state index >= 15 is 0 Å². The third kappa shape index (κ3) is 8.68. The summed E-state index contributed by atoms with van der Waals surface area (Å²) in [6.45, 7) is 10.5. The minimum absolute atomic E-state index is 1.36. The Bertz CT molecular complexity index is 80.1. The van der Waals surface area contributed by atoms with Gasteiger partial charge in [0, 0.05) is 0 Å². The molecule has 9 heavy (non-hydrogen) atoms. The van der Waals surface area contributed by atoms with Crippen molar-refractivity contribution < 1.29 is 4.12 Å². The Labute approximate surface area is 64.3 Å². The van der Waals surface area contributed by atoms with Crippen molar-refractivity contribution in [2.24, 2.45) is 0 Å². The van der Waals surface area contributed by atoms with Crippen LogP contribution in [0.5, 0.6) is 0 Å². The molecule has 0 aromatic heterocycles. The average molecular weight is 183 g/mol. The first-order valence-electron chi connectivity index (χ1n) is 3.10. The van der Waals surface area contributed by atoms with Crippen LogP contribution in [-0.2, 0) is 4.12 Å². The summed E-state index contributed by atoms with van der Waals surface area (Å²) in [5.74, 6) is 0. The molecule has 0 aliphatic heterocycles. The van der Waals surface area contributed by atoms with Gasteiger partial charge >= 0.3 is 0 Å². The molecule has 0 heterocycles. The lowest BCUT2D eigenvalue weighted by atomic mass is 11.8. The van der Waals surface area contributed by atoms with Crippen LogP contribution < -0.4 is 0 Å². The van der Waals surface area contributed by atoms with Gasteiger partial charge < -0.3 is 4.12 Å². The number of halogens is 1. The number of rotatable bonds is 2. The second kappa shape index (κ2) is 2.74. The van der Waals surface area contributed by atoms with Crippen LogP contribution in [0.15, 0.2) is 0 Å². The largest absolute Gasteiger partial charge is 0.445 e. The van der Waals surface area contributed by atoms with E-state index in [0.717, 1.165) is 0 Å². The lowest BCUT2D eigenvalue weighted by Crippen LogP contribution is -2.37. The van der Waals surface area contributed by atoms with E-state index in [1.54, 1.807) is 0 Å². The van der Waals surface area contributed by atoms with Gasteiger partial charge in [-0.25, -0.2) is 0 Å². The predicted octanol–water partition coefficient (Wildman–Crippen LogP) is 2.78. The third-order valence-electron chi connectivity index (χ3n) is 0.549. The molecule has 0 radical (unpaired) electrons. The molecular weight excluding hydrogens is 168 g/mol. The first-order valence-corrected chi connectivity index (χ1v) is 10.4. The fraction of sp³-hybridized carbons (Fsp3) is 1.00. The van der Waals surface area contributed by atoms with E-state index in [4.69, 9.17) is 15.2 Å². The lowest BCUT2D eigenvalue weighted by Gasteiger charge is -2.25. The topological polar surface area (TPSA) is 9.23 Å². The highest BCUT2D eigenvalue weighted by Crippen LogP contribution is 2.16. The van der Waals surface area contributed by atoms with Gasteiger partial charge in [-0.3, -0.25) is 0 Å². The molecule has 0 spiro atoms. The third-order valence-corrected chi connectivity index (χ3v) is 5.63. The van der Waals surface area contributed by atoms with Gasteiger partial charge in [0.1, 0.15) is 0 Å². The van der Waals surface area contributed by atoms with Crippen LogP contribution in [0, 0.1) is 0 Å². The molecule has 0 amide bonds. The molecular formula is C5H15ClOSi2. The van der Waals surface area contributed by atoms with Gasteiger partial charge in [-0.05, 0) is 32.7 Å². The molecule has 0 unspecified atom stereocenters. The quantitative estimate of drug-likeness (QED) is 0.472. The van der Waals surface area contributed by atoms with Crippen molar-refractivity contribution in [2.75, 3.05) is 0 Å². The van der Waals surface area contributed by atoms with Crippen LogP contribution in [0.25, 0.3) is 0 Å². The maximum atomic E-state index is 5.97. The molecule has 0 aliphatic carbocycles. The van der Waals surface area contributed by atoms with Gasteiger partial charge in [-0.15, -0.1) is 11.1 Å². The zero-order valence-electron chi connectivity index (χ0n) is 6.79. The van der Waals surface area contributed by atoms with Gasteiger partial charge in [0.15, 0.2) is 8.32 Å². The first kappa shape index (κ1) is 9.68. The van der Waals surface area contributed by atoms with Crippen LogP contribution in [0.4, 0.5) is 0 Å². The molecule has 56 valence electrons. The van der Waals surface area contributed by atoms with Crippen molar-refractivity contribution in [3.05, 3.63) is 0 Å². The van der Waals surface area contributed by atoms with E-state index in [0.29, 0.717) is 0 Å². The summed E-state index contributed by atoms with van der Waals surface area (Å²) in [6, 6.07) is 0. The monoisotopic (exact) mass is 182 g/mol. The molecule has 0 aliphatic rings. The van der Waals surface area contributed by atoms with E-state index in [1.807, 2.05) is 13.1 Å². The van der Waals surface area contributed by atoms with E-state index in [-0.39, 0.29) is 0 Å². The zero-order valence-corrected chi connectivity index (χ0v) is 9.54. The van der Waals surface area contributed by atoms with Crippen molar-refractivity contribution in [1.29, 1.82) is 0 Å². The molecule has 0 saturated heterocycles. The SMILES string of the molecule is C[Si](C)(C)O[Si](C)(C)Cl. The summed E-state index contributed by atoms with van der Waals surface area (Å²) in [5.41, 5.74) is 0. The van der Waals surface area contributed by atoms with E-state index in [1.165, 1.54) is 0 Å². The van der Waals surface area contributed by atoms with Crippen molar-refractivity contribution in [3.8, 4) is 0 Å². The first-order chi connectivity index (χ1) is 3.71. The predicted molar refractivity (Wildman–Crippen MR) is 47.8 cm³/mol. The highest BCUT2D eigenvalue weighted by molar-refractivity contribution is 7.17.